The fraction of sp³-hybridized carbons (Fsp3) is 0.533. The normalized spacial score (nSPS) is 20.7. The van der Waals surface area contributed by atoms with Gasteiger partial charge in [0.2, 0.25) is 0 Å². The molecule has 1 heterocycles. The first-order valence-corrected chi connectivity index (χ1v) is 7.11. The van der Waals surface area contributed by atoms with Crippen LogP contribution in [0.25, 0.3) is 0 Å². The second-order valence-corrected chi connectivity index (χ2v) is 5.84. The van der Waals surface area contributed by atoms with Crippen molar-refractivity contribution < 1.29 is 4.79 Å². The monoisotopic (exact) mass is 280 g/mol. The van der Waals surface area contributed by atoms with E-state index in [1.165, 1.54) is 12.8 Å². The van der Waals surface area contributed by atoms with Crippen molar-refractivity contribution in [3.8, 4) is 0 Å². The molecule has 1 unspecified atom stereocenters. The number of piperidine rings is 1. The fourth-order valence-electron chi connectivity index (χ4n) is 2.61. The first-order valence-electron chi connectivity index (χ1n) is 6.74. The molecule has 1 saturated heterocycles. The van der Waals surface area contributed by atoms with Gasteiger partial charge in [0.25, 0.3) is 0 Å². The van der Waals surface area contributed by atoms with Gasteiger partial charge in [-0.2, -0.15) is 0 Å². The average molecular weight is 281 g/mol. The van der Waals surface area contributed by atoms with Crippen molar-refractivity contribution in [2.75, 3.05) is 33.7 Å². The lowest BCUT2D eigenvalue weighted by atomic mass is 10.0. The number of likely N-dealkylation sites (N-methyl/N-ethyl adjacent to an activating group) is 2. The molecule has 0 N–H and O–H groups in total. The van der Waals surface area contributed by atoms with Crippen LogP contribution in [0.15, 0.2) is 24.3 Å². The van der Waals surface area contributed by atoms with Crippen LogP contribution < -0.4 is 0 Å². The molecule has 3 nitrogen and oxygen atoms in total. The lowest BCUT2D eigenvalue weighted by molar-refractivity contribution is 0.0857. The van der Waals surface area contributed by atoms with Crippen LogP contribution in [0.1, 0.15) is 23.2 Å². The van der Waals surface area contributed by atoms with E-state index in [4.69, 9.17) is 11.6 Å². The van der Waals surface area contributed by atoms with E-state index >= 15 is 0 Å². The molecule has 0 radical (unpaired) electrons. The van der Waals surface area contributed by atoms with Crippen molar-refractivity contribution in [3.63, 3.8) is 0 Å². The SMILES string of the molecule is CN1CCCC(N(C)CC(=O)c2cccc(Cl)c2)C1. The van der Waals surface area contributed by atoms with Crippen molar-refractivity contribution in [3.05, 3.63) is 34.9 Å². The molecule has 0 saturated carbocycles. The molecule has 2 rings (SSSR count). The summed E-state index contributed by atoms with van der Waals surface area (Å²) in [5, 5.41) is 0.617. The second kappa shape index (κ2) is 6.51. The number of ketones is 1. The van der Waals surface area contributed by atoms with E-state index in [1.807, 2.05) is 19.2 Å². The standard InChI is InChI=1S/C15H21ClN2O/c1-17-8-4-7-14(10-17)18(2)11-15(19)12-5-3-6-13(16)9-12/h3,5-6,9,14H,4,7-8,10-11H2,1-2H3. The summed E-state index contributed by atoms with van der Waals surface area (Å²) in [6.07, 6.45) is 2.38. The smallest absolute Gasteiger partial charge is 0.176 e. The summed E-state index contributed by atoms with van der Waals surface area (Å²) >= 11 is 5.92. The van der Waals surface area contributed by atoms with Crippen LogP contribution >= 0.6 is 11.6 Å². The third kappa shape index (κ3) is 4.03. The minimum atomic E-state index is 0.137. The lowest BCUT2D eigenvalue weighted by Crippen LogP contribution is -2.46. The summed E-state index contributed by atoms with van der Waals surface area (Å²) in [7, 11) is 4.17. The molecule has 19 heavy (non-hydrogen) atoms. The maximum Gasteiger partial charge on any atom is 0.176 e. The highest BCUT2D eigenvalue weighted by molar-refractivity contribution is 6.31. The first-order chi connectivity index (χ1) is 9.06. The summed E-state index contributed by atoms with van der Waals surface area (Å²) < 4.78 is 0. The van der Waals surface area contributed by atoms with Gasteiger partial charge in [-0.25, -0.2) is 0 Å². The van der Waals surface area contributed by atoms with E-state index in [1.54, 1.807) is 12.1 Å². The molecule has 1 aromatic rings. The quantitative estimate of drug-likeness (QED) is 0.792. The summed E-state index contributed by atoms with van der Waals surface area (Å²) in [6.45, 7) is 2.66. The molecular weight excluding hydrogens is 260 g/mol. The maximum atomic E-state index is 12.2. The highest BCUT2D eigenvalue weighted by Gasteiger charge is 2.22. The highest BCUT2D eigenvalue weighted by Crippen LogP contribution is 2.15. The number of halogens is 1. The third-order valence-electron chi connectivity index (χ3n) is 3.76. The van der Waals surface area contributed by atoms with E-state index in [0.717, 1.165) is 13.1 Å². The number of benzene rings is 1. The van der Waals surface area contributed by atoms with E-state index in [9.17, 15) is 4.79 Å². The fourth-order valence-corrected chi connectivity index (χ4v) is 2.80. The van der Waals surface area contributed by atoms with Gasteiger partial charge in [-0.05, 0) is 45.6 Å². The van der Waals surface area contributed by atoms with Crippen molar-refractivity contribution in [2.45, 2.75) is 18.9 Å². The van der Waals surface area contributed by atoms with E-state index in [0.29, 0.717) is 23.2 Å². The van der Waals surface area contributed by atoms with E-state index < -0.39 is 0 Å². The van der Waals surface area contributed by atoms with Gasteiger partial charge in [0.15, 0.2) is 5.78 Å². The number of carbonyl (C=O) groups excluding carboxylic acids is 1. The topological polar surface area (TPSA) is 23.6 Å². The van der Waals surface area contributed by atoms with Crippen molar-refractivity contribution in [2.24, 2.45) is 0 Å². The predicted molar refractivity (Wildman–Crippen MR) is 78.9 cm³/mol. The van der Waals surface area contributed by atoms with Gasteiger partial charge in [-0.1, -0.05) is 23.7 Å². The molecule has 0 spiro atoms. The largest absolute Gasteiger partial charge is 0.305 e. The number of hydrogen-bond acceptors (Lipinski definition) is 3. The molecule has 1 aromatic carbocycles. The number of likely N-dealkylation sites (tertiary alicyclic amines) is 1. The molecule has 1 atom stereocenters. The van der Waals surface area contributed by atoms with Gasteiger partial charge in [-0.15, -0.1) is 0 Å². The zero-order valence-corrected chi connectivity index (χ0v) is 12.4. The van der Waals surface area contributed by atoms with Gasteiger partial charge in [-0.3, -0.25) is 9.69 Å². The molecule has 4 heteroatoms. The Kier molecular flexibility index (Phi) is 4.97. The molecule has 0 bridgehead atoms. The maximum absolute atomic E-state index is 12.2. The molecule has 1 fully saturated rings. The minimum absolute atomic E-state index is 0.137. The number of hydrogen-bond donors (Lipinski definition) is 0. The Hall–Kier alpha value is -0.900. The Morgan fingerprint density at radius 2 is 2.32 bits per heavy atom. The number of Topliss-reactive ketones (excluding diaryl/α,β-unsaturated/α-hetero) is 1. The van der Waals surface area contributed by atoms with Gasteiger partial charge in [0.1, 0.15) is 0 Å². The van der Waals surface area contributed by atoms with Crippen LogP contribution in [0.5, 0.6) is 0 Å². The van der Waals surface area contributed by atoms with E-state index in [-0.39, 0.29) is 5.78 Å². The van der Waals surface area contributed by atoms with Crippen LogP contribution in [0, 0.1) is 0 Å². The van der Waals surface area contributed by atoms with Crippen LogP contribution in [0.4, 0.5) is 0 Å². The zero-order valence-electron chi connectivity index (χ0n) is 11.6. The van der Waals surface area contributed by atoms with Crippen LogP contribution in [-0.2, 0) is 0 Å². The molecule has 0 aliphatic carbocycles. The molecular formula is C15H21ClN2O. The number of nitrogens with zero attached hydrogens (tertiary/aromatic N) is 2. The van der Waals surface area contributed by atoms with Crippen molar-refractivity contribution in [1.82, 2.24) is 9.80 Å². The van der Waals surface area contributed by atoms with Gasteiger partial charge >= 0.3 is 0 Å². The summed E-state index contributed by atoms with van der Waals surface area (Å²) in [5.41, 5.74) is 0.698. The predicted octanol–water partition coefficient (Wildman–Crippen LogP) is 2.55. The minimum Gasteiger partial charge on any atom is -0.305 e. The van der Waals surface area contributed by atoms with Crippen LogP contribution in [0.2, 0.25) is 5.02 Å². The summed E-state index contributed by atoms with van der Waals surface area (Å²) in [6, 6.07) is 7.66. The first kappa shape index (κ1) is 14.5. The Bertz CT molecular complexity index is 450. The Labute approximate surface area is 120 Å². The summed E-state index contributed by atoms with van der Waals surface area (Å²) in [5.74, 6) is 0.137. The van der Waals surface area contributed by atoms with Gasteiger partial charge in [0.05, 0.1) is 6.54 Å². The Morgan fingerprint density at radius 3 is 3.00 bits per heavy atom. The number of carbonyl (C=O) groups is 1. The lowest BCUT2D eigenvalue weighted by Gasteiger charge is -2.35. The average Bonchev–Trinajstić information content (AvgIpc) is 2.38. The molecule has 0 amide bonds. The van der Waals surface area contributed by atoms with Crippen molar-refractivity contribution in [1.29, 1.82) is 0 Å². The van der Waals surface area contributed by atoms with Crippen LogP contribution in [-0.4, -0.2) is 55.4 Å². The van der Waals surface area contributed by atoms with Gasteiger partial charge < -0.3 is 4.90 Å². The van der Waals surface area contributed by atoms with Crippen LogP contribution in [0.3, 0.4) is 0 Å². The molecule has 1 aliphatic rings. The molecule has 104 valence electrons. The van der Waals surface area contributed by atoms with Crippen molar-refractivity contribution >= 4 is 17.4 Å². The summed E-state index contributed by atoms with van der Waals surface area (Å²) in [4.78, 5) is 16.7. The van der Waals surface area contributed by atoms with E-state index in [2.05, 4.69) is 16.8 Å². The third-order valence-corrected chi connectivity index (χ3v) is 4.00. The Balaban J connectivity index is 1.94. The number of rotatable bonds is 4. The molecule has 1 aliphatic heterocycles. The zero-order chi connectivity index (χ0) is 13.8. The Morgan fingerprint density at radius 1 is 1.53 bits per heavy atom. The van der Waals surface area contributed by atoms with Gasteiger partial charge in [0, 0.05) is 23.2 Å². The second-order valence-electron chi connectivity index (χ2n) is 5.41. The molecule has 0 aromatic heterocycles. The highest BCUT2D eigenvalue weighted by atomic mass is 35.5.